The Kier molecular flexibility index (Phi) is 3.30. The quantitative estimate of drug-likeness (QED) is 0.804. The summed E-state index contributed by atoms with van der Waals surface area (Å²) in [5.41, 5.74) is 3.32. The molecule has 1 fully saturated rings. The second-order valence-corrected chi connectivity index (χ2v) is 7.03. The molecular weight excluding hydrogens is 232 g/mol. The van der Waals surface area contributed by atoms with Crippen molar-refractivity contribution >= 4 is 5.69 Å². The Morgan fingerprint density at radius 3 is 2.58 bits per heavy atom. The molecule has 1 aromatic rings. The molecule has 0 atom stereocenters. The second kappa shape index (κ2) is 4.82. The number of anilines is 1. The van der Waals surface area contributed by atoms with Crippen LogP contribution in [0.5, 0.6) is 0 Å². The minimum atomic E-state index is 0.308. The molecule has 0 spiro atoms. The molecule has 3 rings (SSSR count). The Labute approximate surface area is 117 Å². The lowest BCUT2D eigenvalue weighted by atomic mass is 9.87. The van der Waals surface area contributed by atoms with Crippen LogP contribution in [0.15, 0.2) is 24.3 Å². The van der Waals surface area contributed by atoms with Gasteiger partial charge in [-0.3, -0.25) is 0 Å². The number of para-hydroxylation sites is 1. The number of benzene rings is 1. The summed E-state index contributed by atoms with van der Waals surface area (Å²) in [6, 6.07) is 8.98. The van der Waals surface area contributed by atoms with Crippen LogP contribution in [0, 0.1) is 5.92 Å². The van der Waals surface area contributed by atoms with E-state index >= 15 is 0 Å². The molecule has 0 amide bonds. The molecular formula is C17H26N2. The minimum Gasteiger partial charge on any atom is -0.370 e. The normalized spacial score (nSPS) is 23.6. The van der Waals surface area contributed by atoms with Crippen LogP contribution in [0.2, 0.25) is 0 Å². The summed E-state index contributed by atoms with van der Waals surface area (Å²) >= 11 is 0. The first kappa shape index (κ1) is 13.0. The van der Waals surface area contributed by atoms with Gasteiger partial charge in [-0.15, -0.1) is 0 Å². The highest BCUT2D eigenvalue weighted by atomic mass is 15.2. The van der Waals surface area contributed by atoms with Crippen LogP contribution < -0.4 is 4.90 Å². The van der Waals surface area contributed by atoms with Gasteiger partial charge >= 0.3 is 0 Å². The maximum atomic E-state index is 2.63. The molecule has 2 heteroatoms. The molecule has 0 bridgehead atoms. The number of fused-ring (bicyclic) bond motifs is 1. The molecule has 2 aliphatic heterocycles. The molecule has 0 saturated carbocycles. The second-order valence-electron chi connectivity index (χ2n) is 7.03. The molecule has 104 valence electrons. The molecule has 2 nitrogen and oxygen atoms in total. The summed E-state index contributed by atoms with van der Waals surface area (Å²) in [7, 11) is 2.24. The van der Waals surface area contributed by atoms with E-state index in [1.54, 1.807) is 0 Å². The summed E-state index contributed by atoms with van der Waals surface area (Å²) < 4.78 is 0. The Bertz CT molecular complexity index is 444. The zero-order valence-electron chi connectivity index (χ0n) is 12.5. The maximum absolute atomic E-state index is 2.63. The summed E-state index contributed by atoms with van der Waals surface area (Å²) in [5.74, 6) is 0.873. The van der Waals surface area contributed by atoms with Crippen molar-refractivity contribution in [1.29, 1.82) is 0 Å². The molecule has 0 aromatic heterocycles. The van der Waals surface area contributed by atoms with Gasteiger partial charge < -0.3 is 9.80 Å². The molecule has 1 aromatic carbocycles. The van der Waals surface area contributed by atoms with Crippen LogP contribution in [-0.2, 0) is 5.41 Å². The van der Waals surface area contributed by atoms with E-state index in [0.29, 0.717) is 5.41 Å². The zero-order chi connectivity index (χ0) is 13.5. The number of hydrogen-bond acceptors (Lipinski definition) is 2. The monoisotopic (exact) mass is 258 g/mol. The van der Waals surface area contributed by atoms with Crippen molar-refractivity contribution in [3.8, 4) is 0 Å². The van der Waals surface area contributed by atoms with Crippen molar-refractivity contribution in [1.82, 2.24) is 4.90 Å². The Morgan fingerprint density at radius 2 is 1.84 bits per heavy atom. The predicted molar refractivity (Wildman–Crippen MR) is 81.9 cm³/mol. The van der Waals surface area contributed by atoms with Crippen LogP contribution >= 0.6 is 0 Å². The molecule has 0 N–H and O–H groups in total. The van der Waals surface area contributed by atoms with E-state index < -0.39 is 0 Å². The number of hydrogen-bond donors (Lipinski definition) is 0. The van der Waals surface area contributed by atoms with E-state index in [1.807, 2.05) is 0 Å². The highest BCUT2D eigenvalue weighted by Crippen LogP contribution is 2.40. The molecule has 2 aliphatic rings. The summed E-state index contributed by atoms with van der Waals surface area (Å²) in [6.07, 6.45) is 2.71. The van der Waals surface area contributed by atoms with Crippen molar-refractivity contribution in [2.45, 2.75) is 32.1 Å². The van der Waals surface area contributed by atoms with E-state index in [9.17, 15) is 0 Å². The first-order valence-corrected chi connectivity index (χ1v) is 7.59. The number of piperidine rings is 1. The van der Waals surface area contributed by atoms with E-state index in [1.165, 1.54) is 50.3 Å². The molecule has 2 heterocycles. The third kappa shape index (κ3) is 2.51. The molecule has 0 radical (unpaired) electrons. The van der Waals surface area contributed by atoms with Crippen molar-refractivity contribution in [2.24, 2.45) is 5.92 Å². The average Bonchev–Trinajstić information content (AvgIpc) is 2.65. The maximum Gasteiger partial charge on any atom is 0.0405 e. The van der Waals surface area contributed by atoms with Crippen molar-refractivity contribution in [3.05, 3.63) is 29.8 Å². The lowest BCUT2D eigenvalue weighted by molar-refractivity contribution is 0.221. The van der Waals surface area contributed by atoms with Crippen LogP contribution in [0.3, 0.4) is 0 Å². The van der Waals surface area contributed by atoms with Gasteiger partial charge in [-0.05, 0) is 50.5 Å². The van der Waals surface area contributed by atoms with E-state index in [0.717, 1.165) is 5.92 Å². The number of likely N-dealkylation sites (tertiary alicyclic amines) is 1. The highest BCUT2D eigenvalue weighted by molar-refractivity contribution is 5.62. The number of rotatable bonds is 2. The molecule has 19 heavy (non-hydrogen) atoms. The van der Waals surface area contributed by atoms with Gasteiger partial charge in [-0.2, -0.15) is 0 Å². The molecule has 1 saturated heterocycles. The fourth-order valence-electron chi connectivity index (χ4n) is 3.69. The van der Waals surface area contributed by atoms with Gasteiger partial charge in [0.1, 0.15) is 0 Å². The van der Waals surface area contributed by atoms with Crippen LogP contribution in [0.25, 0.3) is 0 Å². The first-order chi connectivity index (χ1) is 9.06. The standard InChI is InChI=1S/C17H26N2/c1-17(2)13-19(16-7-5-4-6-15(16)17)12-14-8-10-18(3)11-9-14/h4-7,14H,8-13H2,1-3H3. The topological polar surface area (TPSA) is 6.48 Å². The van der Waals surface area contributed by atoms with Gasteiger partial charge in [-0.1, -0.05) is 32.0 Å². The smallest absolute Gasteiger partial charge is 0.0405 e. The lowest BCUT2D eigenvalue weighted by Crippen LogP contribution is -2.38. The van der Waals surface area contributed by atoms with Gasteiger partial charge in [0.15, 0.2) is 0 Å². The van der Waals surface area contributed by atoms with Gasteiger partial charge in [0, 0.05) is 24.2 Å². The highest BCUT2D eigenvalue weighted by Gasteiger charge is 2.35. The zero-order valence-corrected chi connectivity index (χ0v) is 12.5. The SMILES string of the molecule is CN1CCC(CN2CC(C)(C)c3ccccc32)CC1. The lowest BCUT2D eigenvalue weighted by Gasteiger charge is -2.33. The Hall–Kier alpha value is -1.02. The Balaban J connectivity index is 1.73. The first-order valence-electron chi connectivity index (χ1n) is 7.59. The summed E-state index contributed by atoms with van der Waals surface area (Å²) in [4.78, 5) is 5.09. The van der Waals surface area contributed by atoms with E-state index in [2.05, 4.69) is 55.0 Å². The van der Waals surface area contributed by atoms with Crippen LogP contribution in [0.4, 0.5) is 5.69 Å². The van der Waals surface area contributed by atoms with Crippen molar-refractivity contribution in [2.75, 3.05) is 38.1 Å². The predicted octanol–water partition coefficient (Wildman–Crippen LogP) is 3.13. The van der Waals surface area contributed by atoms with Crippen LogP contribution in [-0.4, -0.2) is 38.1 Å². The van der Waals surface area contributed by atoms with Crippen molar-refractivity contribution < 1.29 is 0 Å². The summed E-state index contributed by atoms with van der Waals surface area (Å²) in [6.45, 7) is 9.71. The van der Waals surface area contributed by atoms with Gasteiger partial charge in [0.05, 0.1) is 0 Å². The fraction of sp³-hybridized carbons (Fsp3) is 0.647. The van der Waals surface area contributed by atoms with Gasteiger partial charge in [0.25, 0.3) is 0 Å². The van der Waals surface area contributed by atoms with E-state index in [-0.39, 0.29) is 0 Å². The van der Waals surface area contributed by atoms with E-state index in [4.69, 9.17) is 0 Å². The van der Waals surface area contributed by atoms with Crippen LogP contribution in [0.1, 0.15) is 32.3 Å². The average molecular weight is 258 g/mol. The fourth-order valence-corrected chi connectivity index (χ4v) is 3.69. The minimum absolute atomic E-state index is 0.308. The third-order valence-corrected chi connectivity index (χ3v) is 4.88. The van der Waals surface area contributed by atoms with Gasteiger partial charge in [-0.25, -0.2) is 0 Å². The molecule has 0 unspecified atom stereocenters. The largest absolute Gasteiger partial charge is 0.370 e. The molecule has 0 aliphatic carbocycles. The van der Waals surface area contributed by atoms with Crippen molar-refractivity contribution in [3.63, 3.8) is 0 Å². The van der Waals surface area contributed by atoms with Gasteiger partial charge in [0.2, 0.25) is 0 Å². The Morgan fingerprint density at radius 1 is 1.16 bits per heavy atom. The summed E-state index contributed by atoms with van der Waals surface area (Å²) in [5, 5.41) is 0. The number of nitrogens with zero attached hydrogens (tertiary/aromatic N) is 2. The third-order valence-electron chi connectivity index (χ3n) is 4.88.